The van der Waals surface area contributed by atoms with Gasteiger partial charge in [-0.3, -0.25) is 0 Å². The minimum absolute atomic E-state index is 0.0516. The predicted molar refractivity (Wildman–Crippen MR) is 97.9 cm³/mol. The fourth-order valence-electron chi connectivity index (χ4n) is 2.87. The quantitative estimate of drug-likeness (QED) is 0.761. The molecular weight excluding hydrogens is 336 g/mol. The molecule has 132 valence electrons. The molecule has 0 aliphatic heterocycles. The number of benzene rings is 1. The summed E-state index contributed by atoms with van der Waals surface area (Å²) in [4.78, 5) is 4.22. The topological polar surface area (TPSA) is 68.9 Å². The first-order valence-corrected chi connectivity index (χ1v) is 9.46. The molecule has 0 aliphatic carbocycles. The zero-order valence-electron chi connectivity index (χ0n) is 14.8. The number of hydrogen-bond acceptors (Lipinski definition) is 4. The monoisotopic (exact) mass is 358 g/mol. The lowest BCUT2D eigenvalue weighted by Gasteiger charge is -2.10. The molecule has 0 unspecified atom stereocenters. The van der Waals surface area contributed by atoms with Gasteiger partial charge in [-0.05, 0) is 37.6 Å². The molecular formula is C18H22N4O2S. The first kappa shape index (κ1) is 17.4. The van der Waals surface area contributed by atoms with Gasteiger partial charge in [0, 0.05) is 26.0 Å². The number of aryl methyl sites for hydroxylation is 2. The molecule has 1 aromatic carbocycles. The van der Waals surface area contributed by atoms with Crippen molar-refractivity contribution in [1.82, 2.24) is 18.8 Å². The normalized spacial score (nSPS) is 11.8. The lowest BCUT2D eigenvalue weighted by Crippen LogP contribution is -2.14. The highest BCUT2D eigenvalue weighted by molar-refractivity contribution is 7.90. The van der Waals surface area contributed by atoms with Crippen LogP contribution in [-0.2, 0) is 23.6 Å². The van der Waals surface area contributed by atoms with E-state index >= 15 is 0 Å². The largest absolute Gasteiger partial charge is 0.337 e. The Bertz CT molecular complexity index is 982. The van der Waals surface area contributed by atoms with Crippen LogP contribution in [0, 0.1) is 13.8 Å². The summed E-state index contributed by atoms with van der Waals surface area (Å²) in [5.74, 6) is 0.652. The number of nitrogens with zero attached hydrogens (tertiary/aromatic N) is 3. The van der Waals surface area contributed by atoms with Gasteiger partial charge in [-0.2, -0.15) is 8.42 Å². The molecule has 0 saturated heterocycles. The minimum atomic E-state index is -3.78. The Balaban J connectivity index is 2.26. The van der Waals surface area contributed by atoms with Gasteiger partial charge in [-0.25, -0.2) is 8.96 Å². The Kier molecular flexibility index (Phi) is 4.53. The van der Waals surface area contributed by atoms with Crippen LogP contribution in [-0.4, -0.2) is 29.0 Å². The van der Waals surface area contributed by atoms with E-state index in [1.807, 2.05) is 44.3 Å². The molecule has 2 heterocycles. The zero-order valence-corrected chi connectivity index (χ0v) is 15.6. The molecule has 1 N–H and O–H groups in total. The molecule has 0 fully saturated rings. The second kappa shape index (κ2) is 6.50. The maximum Gasteiger partial charge on any atom is 0.287 e. The molecule has 3 aromatic rings. The smallest absolute Gasteiger partial charge is 0.287 e. The number of nitrogens with one attached hydrogen (secondary N) is 1. The molecule has 3 rings (SSSR count). The van der Waals surface area contributed by atoms with Crippen molar-refractivity contribution in [2.75, 3.05) is 7.05 Å². The van der Waals surface area contributed by atoms with E-state index < -0.39 is 10.0 Å². The molecule has 7 heteroatoms. The van der Waals surface area contributed by atoms with Crippen molar-refractivity contribution >= 4 is 10.0 Å². The molecule has 6 nitrogen and oxygen atoms in total. The zero-order chi connectivity index (χ0) is 18.2. The number of rotatable bonds is 5. The van der Waals surface area contributed by atoms with Crippen molar-refractivity contribution in [3.05, 3.63) is 59.7 Å². The van der Waals surface area contributed by atoms with Crippen LogP contribution in [0.15, 0.2) is 47.8 Å². The van der Waals surface area contributed by atoms with Gasteiger partial charge in [0.15, 0.2) is 5.03 Å². The second-order valence-electron chi connectivity index (χ2n) is 6.06. The van der Waals surface area contributed by atoms with E-state index in [2.05, 4.69) is 10.3 Å². The summed E-state index contributed by atoms with van der Waals surface area (Å²) in [6.45, 7) is 4.32. The van der Waals surface area contributed by atoms with Crippen LogP contribution in [0.2, 0.25) is 0 Å². The van der Waals surface area contributed by atoms with Crippen LogP contribution in [0.1, 0.15) is 17.0 Å². The van der Waals surface area contributed by atoms with Crippen molar-refractivity contribution in [1.29, 1.82) is 0 Å². The van der Waals surface area contributed by atoms with Crippen molar-refractivity contribution in [2.24, 2.45) is 7.05 Å². The van der Waals surface area contributed by atoms with Gasteiger partial charge in [-0.15, -0.1) is 0 Å². The van der Waals surface area contributed by atoms with Crippen molar-refractivity contribution in [2.45, 2.75) is 25.4 Å². The third-order valence-corrected chi connectivity index (χ3v) is 5.89. The van der Waals surface area contributed by atoms with Gasteiger partial charge in [0.2, 0.25) is 0 Å². The van der Waals surface area contributed by atoms with E-state index in [9.17, 15) is 8.42 Å². The van der Waals surface area contributed by atoms with Crippen LogP contribution in [0.4, 0.5) is 0 Å². The molecule has 25 heavy (non-hydrogen) atoms. The molecule has 0 aliphatic rings. The molecule has 0 bridgehead atoms. The minimum Gasteiger partial charge on any atom is -0.337 e. The second-order valence-corrected chi connectivity index (χ2v) is 7.82. The molecule has 0 radical (unpaired) electrons. The summed E-state index contributed by atoms with van der Waals surface area (Å²) < 4.78 is 29.5. The van der Waals surface area contributed by atoms with E-state index in [-0.39, 0.29) is 5.03 Å². The van der Waals surface area contributed by atoms with Gasteiger partial charge in [0.25, 0.3) is 10.0 Å². The summed E-state index contributed by atoms with van der Waals surface area (Å²) in [6.07, 6.45) is 3.24. The van der Waals surface area contributed by atoms with Crippen LogP contribution < -0.4 is 5.32 Å². The van der Waals surface area contributed by atoms with Crippen LogP contribution >= 0.6 is 0 Å². The highest BCUT2D eigenvalue weighted by atomic mass is 32.2. The van der Waals surface area contributed by atoms with Gasteiger partial charge in [0.05, 0.1) is 5.69 Å². The summed E-state index contributed by atoms with van der Waals surface area (Å²) in [5, 5.41) is 3.14. The van der Waals surface area contributed by atoms with E-state index in [0.717, 1.165) is 16.7 Å². The van der Waals surface area contributed by atoms with E-state index in [1.54, 1.807) is 30.9 Å². The van der Waals surface area contributed by atoms with Crippen LogP contribution in [0.5, 0.6) is 0 Å². The lowest BCUT2D eigenvalue weighted by molar-refractivity contribution is 0.584. The van der Waals surface area contributed by atoms with Crippen molar-refractivity contribution in [3.63, 3.8) is 0 Å². The maximum absolute atomic E-state index is 13.2. The first-order valence-electron chi connectivity index (χ1n) is 8.02. The third-order valence-electron chi connectivity index (χ3n) is 4.35. The Morgan fingerprint density at radius 3 is 2.36 bits per heavy atom. The van der Waals surface area contributed by atoms with Gasteiger partial charge in [-0.1, -0.05) is 30.3 Å². The van der Waals surface area contributed by atoms with Crippen LogP contribution in [0.25, 0.3) is 11.3 Å². The standard InChI is InChI=1S/C18H22N4O2S/c1-13-16(10-19-3)11-22(18(13)15-8-6-5-7-9-15)25(23,24)17-12-21(4)14(2)20-17/h5-9,11-12,19H,10H2,1-4H3. The number of imidazole rings is 1. The molecule has 0 amide bonds. The Morgan fingerprint density at radius 2 is 1.80 bits per heavy atom. The fraction of sp³-hybridized carbons (Fsp3) is 0.278. The maximum atomic E-state index is 13.2. The molecule has 0 atom stereocenters. The summed E-state index contributed by atoms with van der Waals surface area (Å²) in [6, 6.07) is 9.56. The first-order chi connectivity index (χ1) is 11.9. The van der Waals surface area contributed by atoms with Gasteiger partial charge >= 0.3 is 0 Å². The van der Waals surface area contributed by atoms with Crippen LogP contribution in [0.3, 0.4) is 0 Å². The SMILES string of the molecule is CNCc1cn(S(=O)(=O)c2cn(C)c(C)n2)c(-c2ccccc2)c1C. The fourth-order valence-corrected chi connectivity index (χ4v) is 4.36. The van der Waals surface area contributed by atoms with Gasteiger partial charge < -0.3 is 9.88 Å². The van der Waals surface area contributed by atoms with E-state index in [1.165, 1.54) is 3.97 Å². The summed E-state index contributed by atoms with van der Waals surface area (Å²) in [5.41, 5.74) is 3.42. The highest BCUT2D eigenvalue weighted by Gasteiger charge is 2.26. The van der Waals surface area contributed by atoms with Gasteiger partial charge in [0.1, 0.15) is 5.82 Å². The number of hydrogen-bond donors (Lipinski definition) is 1. The van der Waals surface area contributed by atoms with Crippen molar-refractivity contribution in [3.8, 4) is 11.3 Å². The lowest BCUT2D eigenvalue weighted by atomic mass is 10.1. The average molecular weight is 358 g/mol. The van der Waals surface area contributed by atoms with E-state index in [0.29, 0.717) is 18.1 Å². The Morgan fingerprint density at radius 1 is 1.12 bits per heavy atom. The number of aromatic nitrogens is 3. The Labute approximate surface area is 148 Å². The Hall–Kier alpha value is -2.38. The summed E-state index contributed by atoms with van der Waals surface area (Å²) in [7, 11) is -0.155. The van der Waals surface area contributed by atoms with Crippen molar-refractivity contribution < 1.29 is 8.42 Å². The molecule has 0 spiro atoms. The molecule has 2 aromatic heterocycles. The summed E-state index contributed by atoms with van der Waals surface area (Å²) >= 11 is 0. The predicted octanol–water partition coefficient (Wildman–Crippen LogP) is 2.46. The van der Waals surface area contributed by atoms with E-state index in [4.69, 9.17) is 0 Å². The average Bonchev–Trinajstić information content (AvgIpc) is 3.10. The highest BCUT2D eigenvalue weighted by Crippen LogP contribution is 2.31. The third kappa shape index (κ3) is 3.01. The molecule has 0 saturated carbocycles.